The second kappa shape index (κ2) is 2.44. The van der Waals surface area contributed by atoms with E-state index in [2.05, 4.69) is 15.6 Å². The van der Waals surface area contributed by atoms with Gasteiger partial charge in [-0.3, -0.25) is 15.1 Å². The third kappa shape index (κ3) is 0.990. The minimum absolute atomic E-state index is 0.191. The molecule has 0 aromatic rings. The zero-order chi connectivity index (χ0) is 8.55. The number of rotatable bonds is 0. The van der Waals surface area contributed by atoms with Crippen molar-refractivity contribution < 1.29 is 9.59 Å². The number of urea groups is 1. The Morgan fingerprint density at radius 1 is 1.50 bits per heavy atom. The summed E-state index contributed by atoms with van der Waals surface area (Å²) in [5, 5.41) is 4.77. The molecule has 1 atom stereocenters. The SMILES string of the molecule is O=C1NC(=O)C2=CN=CCC2N1. The Morgan fingerprint density at radius 3 is 3.17 bits per heavy atom. The van der Waals surface area contributed by atoms with Gasteiger partial charge in [0, 0.05) is 18.8 Å². The summed E-state index contributed by atoms with van der Waals surface area (Å²) in [6.07, 6.45) is 3.74. The molecule has 2 heterocycles. The van der Waals surface area contributed by atoms with Crippen molar-refractivity contribution in [1.29, 1.82) is 0 Å². The van der Waals surface area contributed by atoms with Crippen molar-refractivity contribution in [1.82, 2.24) is 10.6 Å². The van der Waals surface area contributed by atoms with Gasteiger partial charge in [0.15, 0.2) is 0 Å². The summed E-state index contributed by atoms with van der Waals surface area (Å²) >= 11 is 0. The van der Waals surface area contributed by atoms with E-state index >= 15 is 0 Å². The lowest BCUT2D eigenvalue weighted by molar-refractivity contribution is -0.117. The minimum atomic E-state index is -0.433. The zero-order valence-electron chi connectivity index (χ0n) is 6.20. The van der Waals surface area contributed by atoms with E-state index in [4.69, 9.17) is 0 Å². The van der Waals surface area contributed by atoms with Gasteiger partial charge in [0.05, 0.1) is 11.6 Å². The molecule has 2 aliphatic heterocycles. The number of hydrogen-bond donors (Lipinski definition) is 2. The maximum Gasteiger partial charge on any atom is 0.322 e. The van der Waals surface area contributed by atoms with Crippen molar-refractivity contribution >= 4 is 18.2 Å². The van der Waals surface area contributed by atoms with Crippen LogP contribution >= 0.6 is 0 Å². The molecule has 2 N–H and O–H groups in total. The summed E-state index contributed by atoms with van der Waals surface area (Å²) in [5.41, 5.74) is 0.525. The highest BCUT2D eigenvalue weighted by atomic mass is 16.2. The molecule has 12 heavy (non-hydrogen) atoms. The highest BCUT2D eigenvalue weighted by molar-refractivity contribution is 6.08. The maximum atomic E-state index is 11.1. The summed E-state index contributed by atoms with van der Waals surface area (Å²) in [6.45, 7) is 0. The predicted octanol–water partition coefficient (Wildman–Crippen LogP) is -0.447. The van der Waals surface area contributed by atoms with Gasteiger partial charge in [-0.15, -0.1) is 0 Å². The van der Waals surface area contributed by atoms with Gasteiger partial charge in [-0.05, 0) is 0 Å². The molecule has 0 aromatic carbocycles. The Kier molecular flexibility index (Phi) is 1.43. The van der Waals surface area contributed by atoms with Crippen LogP contribution in [0.25, 0.3) is 0 Å². The predicted molar refractivity (Wildman–Crippen MR) is 41.7 cm³/mol. The second-order valence-corrected chi connectivity index (χ2v) is 2.63. The van der Waals surface area contributed by atoms with Crippen LogP contribution in [-0.4, -0.2) is 24.2 Å². The second-order valence-electron chi connectivity index (χ2n) is 2.63. The zero-order valence-corrected chi connectivity index (χ0v) is 6.20. The smallest absolute Gasteiger partial charge is 0.322 e. The van der Waals surface area contributed by atoms with E-state index in [-0.39, 0.29) is 11.9 Å². The molecule has 0 radical (unpaired) electrons. The number of nitrogens with one attached hydrogen (secondary N) is 2. The summed E-state index contributed by atoms with van der Waals surface area (Å²) in [6, 6.07) is -0.624. The van der Waals surface area contributed by atoms with Gasteiger partial charge in [-0.25, -0.2) is 4.79 Å². The number of amides is 3. The Bertz CT molecular complexity index is 306. The lowest BCUT2D eigenvalue weighted by Gasteiger charge is -2.25. The van der Waals surface area contributed by atoms with Gasteiger partial charge in [0.1, 0.15) is 0 Å². The molecule has 0 aliphatic carbocycles. The molecular weight excluding hydrogens is 158 g/mol. The van der Waals surface area contributed by atoms with Gasteiger partial charge in [0.25, 0.3) is 5.91 Å². The molecule has 1 unspecified atom stereocenters. The van der Waals surface area contributed by atoms with Crippen LogP contribution in [0.3, 0.4) is 0 Å². The number of carbonyl (C=O) groups excluding carboxylic acids is 2. The van der Waals surface area contributed by atoms with Crippen LogP contribution < -0.4 is 10.6 Å². The van der Waals surface area contributed by atoms with E-state index in [0.717, 1.165) is 0 Å². The molecule has 0 bridgehead atoms. The molecule has 2 rings (SSSR count). The molecule has 5 heteroatoms. The molecule has 0 aromatic heterocycles. The van der Waals surface area contributed by atoms with E-state index in [0.29, 0.717) is 12.0 Å². The first-order valence-corrected chi connectivity index (χ1v) is 3.61. The first kappa shape index (κ1) is 7.02. The van der Waals surface area contributed by atoms with E-state index < -0.39 is 6.03 Å². The minimum Gasteiger partial charge on any atom is -0.330 e. The van der Waals surface area contributed by atoms with Crippen molar-refractivity contribution in [3.05, 3.63) is 11.8 Å². The fraction of sp³-hybridized carbons (Fsp3) is 0.286. The lowest BCUT2D eigenvalue weighted by atomic mass is 10.0. The normalized spacial score (nSPS) is 27.0. The van der Waals surface area contributed by atoms with Gasteiger partial charge in [-0.1, -0.05) is 0 Å². The molecule has 0 saturated carbocycles. The van der Waals surface area contributed by atoms with E-state index in [9.17, 15) is 9.59 Å². The molecule has 5 nitrogen and oxygen atoms in total. The number of carbonyl (C=O) groups is 2. The van der Waals surface area contributed by atoms with Gasteiger partial charge in [-0.2, -0.15) is 0 Å². The molecule has 62 valence electrons. The van der Waals surface area contributed by atoms with Crippen molar-refractivity contribution in [3.63, 3.8) is 0 Å². The van der Waals surface area contributed by atoms with Gasteiger partial charge in [0.2, 0.25) is 0 Å². The van der Waals surface area contributed by atoms with Gasteiger partial charge >= 0.3 is 6.03 Å². The van der Waals surface area contributed by atoms with E-state index in [1.165, 1.54) is 6.20 Å². The van der Waals surface area contributed by atoms with Crippen molar-refractivity contribution in [2.75, 3.05) is 0 Å². The molecule has 3 amide bonds. The maximum absolute atomic E-state index is 11.1. The van der Waals surface area contributed by atoms with Crippen LogP contribution in [-0.2, 0) is 4.79 Å². The van der Waals surface area contributed by atoms with Crippen LogP contribution in [0.4, 0.5) is 4.79 Å². The van der Waals surface area contributed by atoms with E-state index in [1.807, 2.05) is 0 Å². The van der Waals surface area contributed by atoms with Crippen LogP contribution in [0.5, 0.6) is 0 Å². The Morgan fingerprint density at radius 2 is 2.33 bits per heavy atom. The topological polar surface area (TPSA) is 70.6 Å². The quantitative estimate of drug-likeness (QED) is 0.510. The largest absolute Gasteiger partial charge is 0.330 e. The Hall–Kier alpha value is -1.65. The average Bonchev–Trinajstić information content (AvgIpc) is 2.04. The number of nitrogens with zero attached hydrogens (tertiary/aromatic N) is 1. The molecule has 2 aliphatic rings. The van der Waals surface area contributed by atoms with Gasteiger partial charge < -0.3 is 5.32 Å². The highest BCUT2D eigenvalue weighted by Crippen LogP contribution is 2.13. The third-order valence-corrected chi connectivity index (χ3v) is 1.83. The summed E-state index contributed by atoms with van der Waals surface area (Å²) < 4.78 is 0. The summed E-state index contributed by atoms with van der Waals surface area (Å²) in [7, 11) is 0. The number of hydrogen-bond acceptors (Lipinski definition) is 3. The van der Waals surface area contributed by atoms with Crippen LogP contribution in [0.2, 0.25) is 0 Å². The van der Waals surface area contributed by atoms with Crippen molar-refractivity contribution in [2.45, 2.75) is 12.5 Å². The summed E-state index contributed by atoms with van der Waals surface area (Å²) in [4.78, 5) is 25.8. The van der Waals surface area contributed by atoms with E-state index in [1.54, 1.807) is 6.21 Å². The van der Waals surface area contributed by atoms with Crippen LogP contribution in [0.15, 0.2) is 16.8 Å². The monoisotopic (exact) mass is 165 g/mol. The third-order valence-electron chi connectivity index (χ3n) is 1.83. The standard InChI is InChI=1S/C7H7N3O2/c11-6-4-3-8-2-1-5(4)9-7(12)10-6/h2-3,5H,1H2,(H2,9,10,11,12). The Labute approximate surface area is 68.5 Å². The van der Waals surface area contributed by atoms with Crippen LogP contribution in [0, 0.1) is 0 Å². The Balaban J connectivity index is 2.30. The fourth-order valence-corrected chi connectivity index (χ4v) is 1.24. The first-order chi connectivity index (χ1) is 5.77. The molecule has 0 spiro atoms. The number of fused-ring (bicyclic) bond motifs is 1. The van der Waals surface area contributed by atoms with Crippen molar-refractivity contribution in [3.8, 4) is 0 Å². The summed E-state index contributed by atoms with van der Waals surface area (Å²) in [5.74, 6) is -0.347. The number of aliphatic imine (C=N–C) groups is 1. The first-order valence-electron chi connectivity index (χ1n) is 3.61. The average molecular weight is 165 g/mol. The highest BCUT2D eigenvalue weighted by Gasteiger charge is 2.29. The fourth-order valence-electron chi connectivity index (χ4n) is 1.24. The molecule has 1 fully saturated rings. The lowest BCUT2D eigenvalue weighted by Crippen LogP contribution is -2.54. The van der Waals surface area contributed by atoms with Crippen molar-refractivity contribution in [2.24, 2.45) is 4.99 Å². The number of imide groups is 1. The molecule has 1 saturated heterocycles. The molecular formula is C7H7N3O2. The van der Waals surface area contributed by atoms with Crippen LogP contribution in [0.1, 0.15) is 6.42 Å².